The van der Waals surface area contributed by atoms with Crippen LogP contribution >= 0.6 is 23.2 Å². The number of aliphatic hydroxyl groups is 1. The molecule has 0 heterocycles. The van der Waals surface area contributed by atoms with Gasteiger partial charge in [0.25, 0.3) is 0 Å². The molecule has 0 amide bonds. The first-order valence-corrected chi connectivity index (χ1v) is 7.52. The summed E-state index contributed by atoms with van der Waals surface area (Å²) in [6.45, 7) is 7.27. The van der Waals surface area contributed by atoms with E-state index in [0.29, 0.717) is 10.0 Å². The van der Waals surface area contributed by atoms with Crippen molar-refractivity contribution in [1.29, 1.82) is 0 Å². The molecule has 1 rings (SSSR count). The Morgan fingerprint density at radius 3 is 2.37 bits per heavy atom. The topological polar surface area (TPSA) is 32.3 Å². The fourth-order valence-electron chi connectivity index (χ4n) is 2.11. The number of hydrogen-bond acceptors (Lipinski definition) is 2. The van der Waals surface area contributed by atoms with Crippen LogP contribution in [0, 0.1) is 5.41 Å². The Kier molecular flexibility index (Phi) is 6.61. The van der Waals surface area contributed by atoms with Crippen molar-refractivity contribution in [2.75, 3.05) is 13.2 Å². The molecule has 0 aromatic heterocycles. The highest BCUT2D eigenvalue weighted by Gasteiger charge is 2.25. The molecule has 1 unspecified atom stereocenters. The largest absolute Gasteiger partial charge is 0.396 e. The second-order valence-electron chi connectivity index (χ2n) is 5.13. The fourth-order valence-corrected chi connectivity index (χ4v) is 2.68. The van der Waals surface area contributed by atoms with Gasteiger partial charge < -0.3 is 10.4 Å². The van der Waals surface area contributed by atoms with Crippen molar-refractivity contribution < 1.29 is 5.11 Å². The van der Waals surface area contributed by atoms with Crippen LogP contribution in [-0.2, 0) is 0 Å². The number of halogens is 2. The molecule has 1 aromatic carbocycles. The predicted molar refractivity (Wildman–Crippen MR) is 83.0 cm³/mol. The lowest BCUT2D eigenvalue weighted by Gasteiger charge is -2.31. The van der Waals surface area contributed by atoms with Crippen molar-refractivity contribution in [3.63, 3.8) is 0 Å². The molecular formula is C15H23Cl2NO. The summed E-state index contributed by atoms with van der Waals surface area (Å²) in [4.78, 5) is 0. The minimum atomic E-state index is -0.0485. The molecule has 2 nitrogen and oxygen atoms in total. The van der Waals surface area contributed by atoms with Crippen molar-refractivity contribution >= 4 is 23.2 Å². The van der Waals surface area contributed by atoms with Crippen molar-refractivity contribution in [3.8, 4) is 0 Å². The van der Waals surface area contributed by atoms with Crippen LogP contribution in [-0.4, -0.2) is 18.3 Å². The lowest BCUT2D eigenvalue weighted by atomic mass is 9.83. The highest BCUT2D eigenvalue weighted by molar-refractivity contribution is 6.35. The van der Waals surface area contributed by atoms with Crippen LogP contribution in [0.2, 0.25) is 10.0 Å². The molecule has 0 aliphatic heterocycles. The van der Waals surface area contributed by atoms with E-state index in [1.165, 1.54) is 0 Å². The molecule has 1 atom stereocenters. The van der Waals surface area contributed by atoms with Gasteiger partial charge in [0.05, 0.1) is 0 Å². The zero-order valence-corrected chi connectivity index (χ0v) is 13.4. The van der Waals surface area contributed by atoms with E-state index < -0.39 is 0 Å². The average molecular weight is 304 g/mol. The Morgan fingerprint density at radius 2 is 1.89 bits per heavy atom. The van der Waals surface area contributed by atoms with Gasteiger partial charge in [0.2, 0.25) is 0 Å². The number of hydrogen-bond donors (Lipinski definition) is 2. The lowest BCUT2D eigenvalue weighted by molar-refractivity contribution is 0.110. The Bertz CT molecular complexity index is 397. The SMILES string of the molecule is CCC(CC)(CO)CNC(C)c1ccc(Cl)cc1Cl. The Balaban J connectivity index is 2.72. The molecule has 108 valence electrons. The van der Waals surface area contributed by atoms with E-state index >= 15 is 0 Å². The molecule has 0 bridgehead atoms. The van der Waals surface area contributed by atoms with E-state index in [0.717, 1.165) is 24.9 Å². The Labute approximate surface area is 126 Å². The summed E-state index contributed by atoms with van der Waals surface area (Å²) in [6.07, 6.45) is 1.90. The van der Waals surface area contributed by atoms with Gasteiger partial charge in [0, 0.05) is 34.7 Å². The van der Waals surface area contributed by atoms with E-state index in [4.69, 9.17) is 23.2 Å². The minimum Gasteiger partial charge on any atom is -0.396 e. The third-order valence-corrected chi connectivity index (χ3v) is 4.61. The van der Waals surface area contributed by atoms with Crippen LogP contribution < -0.4 is 5.32 Å². The highest BCUT2D eigenvalue weighted by Crippen LogP contribution is 2.29. The molecule has 0 spiro atoms. The van der Waals surface area contributed by atoms with Crippen LogP contribution in [0.4, 0.5) is 0 Å². The van der Waals surface area contributed by atoms with Gasteiger partial charge in [0.15, 0.2) is 0 Å². The van der Waals surface area contributed by atoms with Crippen LogP contribution in [0.1, 0.15) is 45.2 Å². The normalized spacial score (nSPS) is 13.6. The van der Waals surface area contributed by atoms with Crippen LogP contribution in [0.5, 0.6) is 0 Å². The average Bonchev–Trinajstić information content (AvgIpc) is 2.40. The summed E-state index contributed by atoms with van der Waals surface area (Å²) in [7, 11) is 0. The van der Waals surface area contributed by atoms with Crippen molar-refractivity contribution in [3.05, 3.63) is 33.8 Å². The Hall–Kier alpha value is -0.280. The van der Waals surface area contributed by atoms with Crippen molar-refractivity contribution in [1.82, 2.24) is 5.32 Å². The number of nitrogens with one attached hydrogen (secondary N) is 1. The van der Waals surface area contributed by atoms with Crippen molar-refractivity contribution in [2.45, 2.75) is 39.7 Å². The van der Waals surface area contributed by atoms with Gasteiger partial charge in [-0.2, -0.15) is 0 Å². The second kappa shape index (κ2) is 7.49. The summed E-state index contributed by atoms with van der Waals surface area (Å²) in [5.74, 6) is 0. The molecule has 2 N–H and O–H groups in total. The van der Waals surface area contributed by atoms with Gasteiger partial charge in [-0.05, 0) is 37.5 Å². The monoisotopic (exact) mass is 303 g/mol. The first-order chi connectivity index (χ1) is 8.98. The molecular weight excluding hydrogens is 281 g/mol. The zero-order chi connectivity index (χ0) is 14.5. The van der Waals surface area contributed by atoms with Crippen LogP contribution in [0.3, 0.4) is 0 Å². The molecule has 0 saturated heterocycles. The molecule has 0 radical (unpaired) electrons. The van der Waals surface area contributed by atoms with E-state index in [-0.39, 0.29) is 18.1 Å². The molecule has 4 heteroatoms. The summed E-state index contributed by atoms with van der Waals surface area (Å²) in [5, 5.41) is 14.4. The van der Waals surface area contributed by atoms with Crippen LogP contribution in [0.25, 0.3) is 0 Å². The van der Waals surface area contributed by atoms with Gasteiger partial charge in [-0.15, -0.1) is 0 Å². The molecule has 19 heavy (non-hydrogen) atoms. The standard InChI is InChI=1S/C15H23Cl2NO/c1-4-15(5-2,10-19)9-18-11(3)13-7-6-12(16)8-14(13)17/h6-8,11,18-19H,4-5,9-10H2,1-3H3. The maximum atomic E-state index is 9.57. The van der Waals surface area contributed by atoms with E-state index in [1.807, 2.05) is 12.1 Å². The summed E-state index contributed by atoms with van der Waals surface area (Å²) in [6, 6.07) is 5.69. The number of benzene rings is 1. The minimum absolute atomic E-state index is 0.0485. The zero-order valence-electron chi connectivity index (χ0n) is 11.8. The van der Waals surface area contributed by atoms with E-state index in [1.54, 1.807) is 6.07 Å². The van der Waals surface area contributed by atoms with Crippen LogP contribution in [0.15, 0.2) is 18.2 Å². The van der Waals surface area contributed by atoms with E-state index in [2.05, 4.69) is 26.1 Å². The maximum absolute atomic E-state index is 9.57. The second-order valence-corrected chi connectivity index (χ2v) is 5.98. The van der Waals surface area contributed by atoms with Gasteiger partial charge >= 0.3 is 0 Å². The quantitative estimate of drug-likeness (QED) is 0.780. The molecule has 0 aliphatic rings. The summed E-state index contributed by atoms with van der Waals surface area (Å²) >= 11 is 12.1. The molecule has 0 saturated carbocycles. The molecule has 0 aliphatic carbocycles. The third-order valence-electron chi connectivity index (χ3n) is 4.05. The Morgan fingerprint density at radius 1 is 1.26 bits per heavy atom. The van der Waals surface area contributed by atoms with Gasteiger partial charge in [-0.25, -0.2) is 0 Å². The fraction of sp³-hybridized carbons (Fsp3) is 0.600. The summed E-state index contributed by atoms with van der Waals surface area (Å²) < 4.78 is 0. The third kappa shape index (κ3) is 4.35. The van der Waals surface area contributed by atoms with Crippen molar-refractivity contribution in [2.24, 2.45) is 5.41 Å². The first kappa shape index (κ1) is 16.8. The highest BCUT2D eigenvalue weighted by atomic mass is 35.5. The van der Waals surface area contributed by atoms with E-state index in [9.17, 15) is 5.11 Å². The smallest absolute Gasteiger partial charge is 0.0499 e. The van der Waals surface area contributed by atoms with Gasteiger partial charge in [0.1, 0.15) is 0 Å². The lowest BCUT2D eigenvalue weighted by Crippen LogP contribution is -2.37. The van der Waals surface area contributed by atoms with Gasteiger partial charge in [-0.3, -0.25) is 0 Å². The first-order valence-electron chi connectivity index (χ1n) is 6.77. The number of rotatable bonds is 7. The molecule has 1 aromatic rings. The van der Waals surface area contributed by atoms with Gasteiger partial charge in [-0.1, -0.05) is 43.1 Å². The predicted octanol–water partition coefficient (Wildman–Crippen LogP) is 4.44. The number of aliphatic hydroxyl groups excluding tert-OH is 1. The maximum Gasteiger partial charge on any atom is 0.0499 e. The summed E-state index contributed by atoms with van der Waals surface area (Å²) in [5.41, 5.74) is 0.984. The molecule has 0 fully saturated rings.